The van der Waals surface area contributed by atoms with Gasteiger partial charge in [-0.3, -0.25) is 9.69 Å². The van der Waals surface area contributed by atoms with Crippen LogP contribution in [0.2, 0.25) is 0 Å². The minimum Gasteiger partial charge on any atom is -0.468 e. The summed E-state index contributed by atoms with van der Waals surface area (Å²) in [6.45, 7) is 4.35. The highest BCUT2D eigenvalue weighted by Gasteiger charge is 2.23. The topological polar surface area (TPSA) is 29.5 Å². The van der Waals surface area contributed by atoms with Gasteiger partial charge in [-0.1, -0.05) is 31.2 Å². The first-order chi connectivity index (χ1) is 7.70. The van der Waals surface area contributed by atoms with Crippen LogP contribution in [0, 0.1) is 0 Å². The normalized spacial score (nSPS) is 20.2. The van der Waals surface area contributed by atoms with Gasteiger partial charge in [-0.2, -0.15) is 0 Å². The summed E-state index contributed by atoms with van der Waals surface area (Å²) in [4.78, 5) is 13.4. The Morgan fingerprint density at radius 3 is 3.00 bits per heavy atom. The first kappa shape index (κ1) is 11.1. The molecule has 0 saturated heterocycles. The molecule has 1 unspecified atom stereocenters. The van der Waals surface area contributed by atoms with Crippen molar-refractivity contribution < 1.29 is 9.53 Å². The fourth-order valence-electron chi connectivity index (χ4n) is 2.32. The lowest BCUT2D eigenvalue weighted by molar-refractivity contribution is -0.142. The molecule has 86 valence electrons. The third-order valence-electron chi connectivity index (χ3n) is 3.09. The summed E-state index contributed by atoms with van der Waals surface area (Å²) < 4.78 is 4.70. The number of hydrogen-bond acceptors (Lipinski definition) is 3. The van der Waals surface area contributed by atoms with Gasteiger partial charge in [0.25, 0.3) is 0 Å². The predicted octanol–water partition coefficient (Wildman–Crippen LogP) is 1.78. The van der Waals surface area contributed by atoms with Gasteiger partial charge in [0.2, 0.25) is 0 Å². The van der Waals surface area contributed by atoms with Crippen LogP contribution in [0.3, 0.4) is 0 Å². The van der Waals surface area contributed by atoms with Gasteiger partial charge in [-0.25, -0.2) is 0 Å². The molecular weight excluding hydrogens is 202 g/mol. The number of carbonyl (C=O) groups is 1. The van der Waals surface area contributed by atoms with Crippen LogP contribution in [0.1, 0.15) is 24.0 Å². The van der Waals surface area contributed by atoms with E-state index in [0.717, 1.165) is 13.1 Å². The highest BCUT2D eigenvalue weighted by molar-refractivity contribution is 5.71. The van der Waals surface area contributed by atoms with E-state index in [0.29, 0.717) is 12.5 Å². The second-order valence-corrected chi connectivity index (χ2v) is 4.35. The molecule has 0 bridgehead atoms. The number of fused-ring (bicyclic) bond motifs is 1. The molecule has 16 heavy (non-hydrogen) atoms. The number of carbonyl (C=O) groups excluding carboxylic acids is 1. The summed E-state index contributed by atoms with van der Waals surface area (Å²) in [5, 5.41) is 0. The average Bonchev–Trinajstić information content (AvgIpc) is 2.29. The van der Waals surface area contributed by atoms with Crippen LogP contribution in [0.15, 0.2) is 24.3 Å². The Morgan fingerprint density at radius 1 is 1.50 bits per heavy atom. The van der Waals surface area contributed by atoms with Crippen LogP contribution in [-0.4, -0.2) is 31.1 Å². The zero-order valence-electron chi connectivity index (χ0n) is 9.77. The molecule has 3 heteroatoms. The lowest BCUT2D eigenvalue weighted by Gasteiger charge is -2.32. The Hall–Kier alpha value is -1.35. The van der Waals surface area contributed by atoms with Crippen molar-refractivity contribution >= 4 is 5.97 Å². The molecular formula is C13H17NO2. The molecule has 0 aromatic heterocycles. The van der Waals surface area contributed by atoms with E-state index >= 15 is 0 Å². The zero-order chi connectivity index (χ0) is 11.5. The van der Waals surface area contributed by atoms with E-state index in [1.165, 1.54) is 18.2 Å². The van der Waals surface area contributed by atoms with E-state index < -0.39 is 0 Å². The average molecular weight is 219 g/mol. The third-order valence-corrected chi connectivity index (χ3v) is 3.09. The van der Waals surface area contributed by atoms with Crippen molar-refractivity contribution in [3.05, 3.63) is 35.4 Å². The maximum Gasteiger partial charge on any atom is 0.319 e. The van der Waals surface area contributed by atoms with Crippen LogP contribution in [-0.2, 0) is 16.1 Å². The summed E-state index contributed by atoms with van der Waals surface area (Å²) in [5.74, 6) is 0.321. The molecule has 0 saturated carbocycles. The van der Waals surface area contributed by atoms with Crippen LogP contribution >= 0.6 is 0 Å². The van der Waals surface area contributed by atoms with Crippen LogP contribution in [0.25, 0.3) is 0 Å². The molecule has 1 aromatic carbocycles. The number of esters is 1. The lowest BCUT2D eigenvalue weighted by atomic mass is 9.91. The smallest absolute Gasteiger partial charge is 0.319 e. The maximum absolute atomic E-state index is 11.2. The van der Waals surface area contributed by atoms with E-state index in [9.17, 15) is 4.79 Å². The largest absolute Gasteiger partial charge is 0.468 e. The minimum absolute atomic E-state index is 0.161. The Morgan fingerprint density at radius 2 is 2.25 bits per heavy atom. The van der Waals surface area contributed by atoms with E-state index in [-0.39, 0.29) is 5.97 Å². The SMILES string of the molecule is COC(=O)CN1Cc2ccccc2C(C)C1. The van der Waals surface area contributed by atoms with E-state index in [4.69, 9.17) is 4.74 Å². The molecule has 1 aliphatic rings. The Balaban J connectivity index is 2.12. The van der Waals surface area contributed by atoms with Crippen LogP contribution < -0.4 is 0 Å². The molecule has 1 aromatic rings. The molecule has 1 aliphatic heterocycles. The Bertz CT molecular complexity index is 389. The van der Waals surface area contributed by atoms with Gasteiger partial charge in [-0.05, 0) is 17.0 Å². The maximum atomic E-state index is 11.2. The fraction of sp³-hybridized carbons (Fsp3) is 0.462. The number of ether oxygens (including phenoxy) is 1. The highest BCUT2D eigenvalue weighted by atomic mass is 16.5. The van der Waals surface area contributed by atoms with Gasteiger partial charge in [0.1, 0.15) is 0 Å². The third kappa shape index (κ3) is 2.25. The molecule has 0 amide bonds. The van der Waals surface area contributed by atoms with Crippen LogP contribution in [0.4, 0.5) is 0 Å². The van der Waals surface area contributed by atoms with Gasteiger partial charge in [0, 0.05) is 13.1 Å². The first-order valence-corrected chi connectivity index (χ1v) is 5.57. The van der Waals surface area contributed by atoms with Crippen molar-refractivity contribution in [1.29, 1.82) is 0 Å². The summed E-state index contributed by atoms with van der Waals surface area (Å²) in [5.41, 5.74) is 2.73. The van der Waals surface area contributed by atoms with Crippen molar-refractivity contribution in [3.63, 3.8) is 0 Å². The Labute approximate surface area is 96.0 Å². The summed E-state index contributed by atoms with van der Waals surface area (Å²) in [6.07, 6.45) is 0. The van der Waals surface area contributed by atoms with Gasteiger partial charge >= 0.3 is 5.97 Å². The number of benzene rings is 1. The van der Waals surface area contributed by atoms with Gasteiger partial charge < -0.3 is 4.74 Å². The summed E-state index contributed by atoms with van der Waals surface area (Å²) in [7, 11) is 1.43. The molecule has 0 spiro atoms. The first-order valence-electron chi connectivity index (χ1n) is 5.57. The van der Waals surface area contributed by atoms with Gasteiger partial charge in [0.15, 0.2) is 0 Å². The lowest BCUT2D eigenvalue weighted by Crippen LogP contribution is -2.36. The highest BCUT2D eigenvalue weighted by Crippen LogP contribution is 2.27. The second kappa shape index (κ2) is 4.66. The second-order valence-electron chi connectivity index (χ2n) is 4.35. The number of methoxy groups -OCH3 is 1. The standard InChI is InChI=1S/C13H17NO2/c1-10-7-14(9-13(15)16-2)8-11-5-3-4-6-12(10)11/h3-6,10H,7-9H2,1-2H3. The molecule has 0 radical (unpaired) electrons. The number of hydrogen-bond donors (Lipinski definition) is 0. The van der Waals surface area contributed by atoms with Crippen molar-refractivity contribution in [2.24, 2.45) is 0 Å². The quantitative estimate of drug-likeness (QED) is 0.710. The number of nitrogens with zero attached hydrogens (tertiary/aromatic N) is 1. The van der Waals surface area contributed by atoms with Gasteiger partial charge in [-0.15, -0.1) is 0 Å². The van der Waals surface area contributed by atoms with Crippen molar-refractivity contribution in [1.82, 2.24) is 4.90 Å². The molecule has 0 N–H and O–H groups in total. The van der Waals surface area contributed by atoms with Crippen molar-refractivity contribution in [2.45, 2.75) is 19.4 Å². The van der Waals surface area contributed by atoms with E-state index in [1.54, 1.807) is 0 Å². The minimum atomic E-state index is -0.161. The molecule has 2 rings (SSSR count). The molecule has 0 fully saturated rings. The van der Waals surface area contributed by atoms with E-state index in [1.807, 2.05) is 6.07 Å². The van der Waals surface area contributed by atoms with Gasteiger partial charge in [0.05, 0.1) is 13.7 Å². The number of rotatable bonds is 2. The zero-order valence-corrected chi connectivity index (χ0v) is 9.77. The fourth-order valence-corrected chi connectivity index (χ4v) is 2.32. The van der Waals surface area contributed by atoms with E-state index in [2.05, 4.69) is 30.0 Å². The monoisotopic (exact) mass is 219 g/mol. The van der Waals surface area contributed by atoms with Crippen molar-refractivity contribution in [3.8, 4) is 0 Å². The Kier molecular flexibility index (Phi) is 3.25. The predicted molar refractivity (Wildman–Crippen MR) is 62.2 cm³/mol. The molecule has 1 heterocycles. The molecule has 0 aliphatic carbocycles. The van der Waals surface area contributed by atoms with Crippen molar-refractivity contribution in [2.75, 3.05) is 20.2 Å². The summed E-state index contributed by atoms with van der Waals surface area (Å²) >= 11 is 0. The molecule has 3 nitrogen and oxygen atoms in total. The summed E-state index contributed by atoms with van der Waals surface area (Å²) in [6, 6.07) is 8.43. The van der Waals surface area contributed by atoms with Crippen LogP contribution in [0.5, 0.6) is 0 Å². The molecule has 1 atom stereocenters.